The van der Waals surface area contributed by atoms with Gasteiger partial charge in [-0.15, -0.1) is 0 Å². The molecule has 0 bridgehead atoms. The van der Waals surface area contributed by atoms with Crippen molar-refractivity contribution in [3.63, 3.8) is 0 Å². The molecule has 0 aliphatic carbocycles. The maximum absolute atomic E-state index is 12.4. The quantitative estimate of drug-likeness (QED) is 0.724. The van der Waals surface area contributed by atoms with Crippen LogP contribution in [0.5, 0.6) is 0 Å². The van der Waals surface area contributed by atoms with Gasteiger partial charge in [0.05, 0.1) is 12.4 Å². The van der Waals surface area contributed by atoms with Gasteiger partial charge in [0, 0.05) is 12.2 Å². The zero-order valence-corrected chi connectivity index (χ0v) is 15.2. The Morgan fingerprint density at radius 2 is 1.58 bits per heavy atom. The fraction of sp³-hybridized carbons (Fsp3) is 0.190. The number of hydrogen-bond donors (Lipinski definition) is 2. The molecule has 0 saturated heterocycles. The molecule has 5 nitrogen and oxygen atoms in total. The number of hydrogen-bond acceptors (Lipinski definition) is 4. The van der Waals surface area contributed by atoms with Crippen molar-refractivity contribution in [1.29, 1.82) is 0 Å². The van der Waals surface area contributed by atoms with E-state index < -0.39 is 0 Å². The molecule has 0 aliphatic heterocycles. The first-order chi connectivity index (χ1) is 12.5. The van der Waals surface area contributed by atoms with Gasteiger partial charge >= 0.3 is 0 Å². The molecule has 0 aliphatic rings. The minimum absolute atomic E-state index is 0.264. The summed E-state index contributed by atoms with van der Waals surface area (Å²) in [6.07, 6.45) is 3.07. The van der Waals surface area contributed by atoms with E-state index in [1.54, 1.807) is 6.20 Å². The van der Waals surface area contributed by atoms with Gasteiger partial charge in [0.15, 0.2) is 0 Å². The van der Waals surface area contributed by atoms with Crippen LogP contribution in [0.3, 0.4) is 0 Å². The van der Waals surface area contributed by atoms with Crippen LogP contribution in [-0.4, -0.2) is 15.9 Å². The van der Waals surface area contributed by atoms with Crippen LogP contribution in [0.1, 0.15) is 32.7 Å². The summed E-state index contributed by atoms with van der Waals surface area (Å²) in [6.45, 7) is 6.67. The summed E-state index contributed by atoms with van der Waals surface area (Å²) in [6, 6.07) is 14.1. The number of carbonyl (C=O) groups is 1. The highest BCUT2D eigenvalue weighted by Gasteiger charge is 2.11. The van der Waals surface area contributed by atoms with E-state index in [1.807, 2.05) is 44.2 Å². The number of aromatic nitrogens is 2. The molecule has 5 heteroatoms. The molecule has 1 amide bonds. The van der Waals surface area contributed by atoms with Gasteiger partial charge in [-0.1, -0.05) is 42.5 Å². The van der Waals surface area contributed by atoms with Gasteiger partial charge in [-0.05, 0) is 43.0 Å². The van der Waals surface area contributed by atoms with Gasteiger partial charge in [0.1, 0.15) is 11.5 Å². The van der Waals surface area contributed by atoms with Crippen molar-refractivity contribution in [3.8, 4) is 0 Å². The topological polar surface area (TPSA) is 66.9 Å². The number of rotatable bonds is 5. The van der Waals surface area contributed by atoms with Crippen molar-refractivity contribution in [2.24, 2.45) is 0 Å². The maximum Gasteiger partial charge on any atom is 0.275 e. The zero-order chi connectivity index (χ0) is 18.5. The Labute approximate surface area is 153 Å². The van der Waals surface area contributed by atoms with E-state index in [0.29, 0.717) is 12.4 Å². The maximum atomic E-state index is 12.4. The molecule has 0 fully saturated rings. The second kappa shape index (κ2) is 7.78. The average molecular weight is 346 g/mol. The van der Waals surface area contributed by atoms with Crippen molar-refractivity contribution in [2.45, 2.75) is 27.3 Å². The summed E-state index contributed by atoms with van der Waals surface area (Å²) in [5, 5.41) is 6.15. The van der Waals surface area contributed by atoms with Gasteiger partial charge in [-0.25, -0.2) is 9.97 Å². The highest BCUT2D eigenvalue weighted by Crippen LogP contribution is 2.20. The van der Waals surface area contributed by atoms with Gasteiger partial charge in [0.25, 0.3) is 5.91 Å². The molecule has 2 N–H and O–H groups in total. The minimum Gasteiger partial charge on any atom is -0.365 e. The lowest BCUT2D eigenvalue weighted by Crippen LogP contribution is -2.16. The first-order valence-corrected chi connectivity index (χ1v) is 8.52. The van der Waals surface area contributed by atoms with Crippen molar-refractivity contribution in [1.82, 2.24) is 9.97 Å². The summed E-state index contributed by atoms with van der Waals surface area (Å²) >= 11 is 0. The summed E-state index contributed by atoms with van der Waals surface area (Å²) in [4.78, 5) is 20.9. The van der Waals surface area contributed by atoms with Gasteiger partial charge < -0.3 is 10.6 Å². The third-order valence-corrected chi connectivity index (χ3v) is 4.33. The lowest BCUT2D eigenvalue weighted by Gasteiger charge is -2.11. The number of nitrogens with one attached hydrogen (secondary N) is 2. The SMILES string of the molecule is Cc1ccccc1CNc1cnc(C(=O)Nc2c(C)cccc2C)cn1. The van der Waals surface area contributed by atoms with Gasteiger partial charge in [0.2, 0.25) is 0 Å². The van der Waals surface area contributed by atoms with E-state index in [0.717, 1.165) is 16.8 Å². The van der Waals surface area contributed by atoms with Crippen LogP contribution in [0.4, 0.5) is 11.5 Å². The van der Waals surface area contributed by atoms with Crippen molar-refractivity contribution in [3.05, 3.63) is 82.8 Å². The first-order valence-electron chi connectivity index (χ1n) is 8.52. The standard InChI is InChI=1S/C21H22N4O/c1-14-7-4-5-10-17(14)11-23-19-13-22-18(12-24-19)21(26)25-20-15(2)8-6-9-16(20)3/h4-10,12-13H,11H2,1-3H3,(H,23,24)(H,25,26). The lowest BCUT2D eigenvalue weighted by atomic mass is 10.1. The summed E-state index contributed by atoms with van der Waals surface area (Å²) in [5.74, 6) is 0.372. The number of para-hydroxylation sites is 1. The van der Waals surface area contributed by atoms with Crippen molar-refractivity contribution >= 4 is 17.4 Å². The third kappa shape index (κ3) is 4.06. The monoisotopic (exact) mass is 346 g/mol. The minimum atomic E-state index is -0.264. The fourth-order valence-electron chi connectivity index (χ4n) is 2.72. The number of carbonyl (C=O) groups excluding carboxylic acids is 1. The van der Waals surface area contributed by atoms with Crippen LogP contribution in [-0.2, 0) is 6.54 Å². The smallest absolute Gasteiger partial charge is 0.275 e. The third-order valence-electron chi connectivity index (χ3n) is 4.33. The normalized spacial score (nSPS) is 10.4. The fourth-order valence-corrected chi connectivity index (χ4v) is 2.72. The Morgan fingerprint density at radius 3 is 2.23 bits per heavy atom. The Bertz CT molecular complexity index is 899. The lowest BCUT2D eigenvalue weighted by molar-refractivity contribution is 0.102. The Morgan fingerprint density at radius 1 is 0.885 bits per heavy atom. The van der Waals surface area contributed by atoms with E-state index >= 15 is 0 Å². The molecule has 0 spiro atoms. The highest BCUT2D eigenvalue weighted by atomic mass is 16.1. The van der Waals surface area contributed by atoms with E-state index in [1.165, 1.54) is 17.3 Å². The molecule has 2 aromatic carbocycles. The van der Waals surface area contributed by atoms with Crippen molar-refractivity contribution in [2.75, 3.05) is 10.6 Å². The first kappa shape index (κ1) is 17.6. The van der Waals surface area contributed by atoms with Gasteiger partial charge in [-0.2, -0.15) is 0 Å². The number of benzene rings is 2. The van der Waals surface area contributed by atoms with E-state index in [9.17, 15) is 4.79 Å². The molecular weight excluding hydrogens is 324 g/mol. The molecule has 1 aromatic heterocycles. The summed E-state index contributed by atoms with van der Waals surface area (Å²) < 4.78 is 0. The van der Waals surface area contributed by atoms with E-state index in [2.05, 4.69) is 39.7 Å². The number of aryl methyl sites for hydroxylation is 3. The largest absolute Gasteiger partial charge is 0.365 e. The Balaban J connectivity index is 1.65. The Hall–Kier alpha value is -3.21. The molecule has 26 heavy (non-hydrogen) atoms. The molecular formula is C21H22N4O. The second-order valence-corrected chi connectivity index (χ2v) is 6.29. The molecule has 3 aromatic rings. The van der Waals surface area contributed by atoms with Crippen LogP contribution in [0.15, 0.2) is 54.9 Å². The van der Waals surface area contributed by atoms with E-state index in [4.69, 9.17) is 0 Å². The molecule has 0 saturated carbocycles. The van der Waals surface area contributed by atoms with Crippen LogP contribution < -0.4 is 10.6 Å². The average Bonchev–Trinajstić information content (AvgIpc) is 2.64. The number of anilines is 2. The predicted molar refractivity (Wildman–Crippen MR) is 104 cm³/mol. The number of nitrogens with zero attached hydrogens (tertiary/aromatic N) is 2. The van der Waals surface area contributed by atoms with Crippen LogP contribution in [0, 0.1) is 20.8 Å². The zero-order valence-electron chi connectivity index (χ0n) is 15.2. The molecule has 1 heterocycles. The Kier molecular flexibility index (Phi) is 5.27. The highest BCUT2D eigenvalue weighted by molar-refractivity contribution is 6.03. The molecule has 0 unspecified atom stereocenters. The summed E-state index contributed by atoms with van der Waals surface area (Å²) in [7, 11) is 0. The molecule has 0 atom stereocenters. The number of amides is 1. The van der Waals surface area contributed by atoms with Gasteiger partial charge in [-0.3, -0.25) is 4.79 Å². The van der Waals surface area contributed by atoms with Crippen molar-refractivity contribution < 1.29 is 4.79 Å². The second-order valence-electron chi connectivity index (χ2n) is 6.29. The van der Waals surface area contributed by atoms with Crippen LogP contribution >= 0.6 is 0 Å². The molecule has 132 valence electrons. The molecule has 0 radical (unpaired) electrons. The summed E-state index contributed by atoms with van der Waals surface area (Å²) in [5.41, 5.74) is 5.56. The predicted octanol–water partition coefficient (Wildman–Crippen LogP) is 4.27. The van der Waals surface area contributed by atoms with Crippen LogP contribution in [0.25, 0.3) is 0 Å². The van der Waals surface area contributed by atoms with E-state index in [-0.39, 0.29) is 11.6 Å². The van der Waals surface area contributed by atoms with Crippen LogP contribution in [0.2, 0.25) is 0 Å². The molecule has 3 rings (SSSR count).